The first kappa shape index (κ1) is 14.4. The van der Waals surface area contributed by atoms with Crippen molar-refractivity contribution in [1.82, 2.24) is 0 Å². The van der Waals surface area contributed by atoms with Crippen LogP contribution >= 0.6 is 27.5 Å². The molecule has 0 radical (unpaired) electrons. The molecule has 5 heteroatoms. The van der Waals surface area contributed by atoms with Gasteiger partial charge in [0.25, 0.3) is 0 Å². The van der Waals surface area contributed by atoms with Crippen LogP contribution in [0.2, 0.25) is 5.02 Å². The van der Waals surface area contributed by atoms with E-state index in [0.717, 1.165) is 17.7 Å². The van der Waals surface area contributed by atoms with Crippen LogP contribution in [0.5, 0.6) is 0 Å². The molecule has 0 bridgehead atoms. The zero-order valence-electron chi connectivity index (χ0n) is 9.64. The monoisotopic (exact) mass is 348 g/mol. The number of alkyl halides is 4. The second-order valence-electron chi connectivity index (χ2n) is 3.98. The lowest BCUT2D eigenvalue weighted by Gasteiger charge is -2.12. The maximum absolute atomic E-state index is 12.7. The second-order valence-corrected chi connectivity index (χ2v) is 4.95. The molecule has 0 amide bonds. The smallest absolute Gasteiger partial charge is 0.166 e. The Morgan fingerprint density at radius 2 is 1.74 bits per heavy atom. The molecule has 0 heterocycles. The van der Waals surface area contributed by atoms with Crippen LogP contribution in [-0.2, 0) is 11.5 Å². The van der Waals surface area contributed by atoms with Gasteiger partial charge in [-0.15, -0.1) is 0 Å². The van der Waals surface area contributed by atoms with Crippen LogP contribution in [-0.4, -0.2) is 0 Å². The molecular weight excluding hydrogens is 341 g/mol. The van der Waals surface area contributed by atoms with E-state index in [9.17, 15) is 13.2 Å². The van der Waals surface area contributed by atoms with Crippen molar-refractivity contribution in [3.8, 4) is 11.1 Å². The van der Waals surface area contributed by atoms with Crippen molar-refractivity contribution < 1.29 is 13.2 Å². The lowest BCUT2D eigenvalue weighted by Crippen LogP contribution is -2.04. The molecule has 0 unspecified atom stereocenters. The zero-order chi connectivity index (χ0) is 14.0. The van der Waals surface area contributed by atoms with Crippen molar-refractivity contribution in [2.24, 2.45) is 0 Å². The molecule has 19 heavy (non-hydrogen) atoms. The third kappa shape index (κ3) is 3.12. The van der Waals surface area contributed by atoms with Crippen LogP contribution < -0.4 is 0 Å². The maximum atomic E-state index is 12.7. The van der Waals surface area contributed by atoms with Gasteiger partial charge in [-0.1, -0.05) is 51.8 Å². The number of hydrogen-bond acceptors (Lipinski definition) is 0. The van der Waals surface area contributed by atoms with Gasteiger partial charge in [0.15, 0.2) is 0 Å². The molecule has 0 atom stereocenters. The maximum Gasteiger partial charge on any atom is 0.416 e. The predicted molar refractivity (Wildman–Crippen MR) is 74.5 cm³/mol. The summed E-state index contributed by atoms with van der Waals surface area (Å²) < 4.78 is 38.1. The molecule has 0 aliphatic rings. The highest BCUT2D eigenvalue weighted by molar-refractivity contribution is 9.08. The summed E-state index contributed by atoms with van der Waals surface area (Å²) in [5, 5.41) is 1.02. The second kappa shape index (κ2) is 5.55. The van der Waals surface area contributed by atoms with Gasteiger partial charge in [0, 0.05) is 10.4 Å². The fourth-order valence-corrected chi connectivity index (χ4v) is 2.83. The SMILES string of the molecule is FC(F)(F)c1cccc(-c2cccc(Cl)c2CBr)c1. The molecule has 100 valence electrons. The van der Waals surface area contributed by atoms with Crippen molar-refractivity contribution in [2.45, 2.75) is 11.5 Å². The summed E-state index contributed by atoms with van der Waals surface area (Å²) in [5.41, 5.74) is 1.33. The van der Waals surface area contributed by atoms with E-state index < -0.39 is 11.7 Å². The lowest BCUT2D eigenvalue weighted by molar-refractivity contribution is -0.137. The normalized spacial score (nSPS) is 11.6. The molecule has 2 aromatic rings. The van der Waals surface area contributed by atoms with Crippen LogP contribution in [0.1, 0.15) is 11.1 Å². The van der Waals surface area contributed by atoms with Gasteiger partial charge in [-0.25, -0.2) is 0 Å². The Kier molecular flexibility index (Phi) is 4.21. The molecule has 0 nitrogen and oxygen atoms in total. The van der Waals surface area contributed by atoms with Crippen molar-refractivity contribution in [2.75, 3.05) is 0 Å². The standard InChI is InChI=1S/C14H9BrClF3/c15-8-12-11(5-2-6-13(12)16)9-3-1-4-10(7-9)14(17,18)19/h1-7H,8H2. The van der Waals surface area contributed by atoms with E-state index in [-0.39, 0.29) is 0 Å². The van der Waals surface area contributed by atoms with E-state index in [0.29, 0.717) is 21.5 Å². The van der Waals surface area contributed by atoms with Gasteiger partial charge >= 0.3 is 6.18 Å². The first-order valence-electron chi connectivity index (χ1n) is 5.44. The Morgan fingerprint density at radius 1 is 1.05 bits per heavy atom. The Morgan fingerprint density at radius 3 is 2.37 bits per heavy atom. The van der Waals surface area contributed by atoms with Gasteiger partial charge in [-0.3, -0.25) is 0 Å². The Bertz CT molecular complexity index is 593. The van der Waals surface area contributed by atoms with Gasteiger partial charge in [-0.2, -0.15) is 13.2 Å². The number of hydrogen-bond donors (Lipinski definition) is 0. The summed E-state index contributed by atoms with van der Waals surface area (Å²) in [5.74, 6) is 0. The van der Waals surface area contributed by atoms with E-state index in [1.54, 1.807) is 24.3 Å². The molecule has 0 aliphatic carbocycles. The largest absolute Gasteiger partial charge is 0.416 e. The van der Waals surface area contributed by atoms with Crippen molar-refractivity contribution in [1.29, 1.82) is 0 Å². The molecule has 0 spiro atoms. The van der Waals surface area contributed by atoms with Crippen LogP contribution in [0.25, 0.3) is 11.1 Å². The summed E-state index contributed by atoms with van der Waals surface area (Å²) in [6.07, 6.45) is -4.34. The highest BCUT2D eigenvalue weighted by atomic mass is 79.9. The fourth-order valence-electron chi connectivity index (χ4n) is 1.83. The summed E-state index contributed by atoms with van der Waals surface area (Å²) in [4.78, 5) is 0. The molecule has 0 fully saturated rings. The first-order valence-corrected chi connectivity index (χ1v) is 6.94. The number of halogens is 5. The molecule has 0 N–H and O–H groups in total. The molecule has 2 rings (SSSR count). The average molecular weight is 350 g/mol. The van der Waals surface area contributed by atoms with Crippen molar-refractivity contribution in [3.63, 3.8) is 0 Å². The minimum atomic E-state index is -4.34. The predicted octanol–water partition coefficient (Wildman–Crippen LogP) is 5.92. The molecular formula is C14H9BrClF3. The highest BCUT2D eigenvalue weighted by Gasteiger charge is 2.30. The Hall–Kier alpha value is -1.000. The average Bonchev–Trinajstić information content (AvgIpc) is 2.37. The molecule has 0 saturated carbocycles. The van der Waals surface area contributed by atoms with Gasteiger partial charge in [-0.05, 0) is 34.9 Å². The van der Waals surface area contributed by atoms with E-state index in [4.69, 9.17) is 11.6 Å². The van der Waals surface area contributed by atoms with Gasteiger partial charge < -0.3 is 0 Å². The van der Waals surface area contributed by atoms with E-state index in [1.165, 1.54) is 6.07 Å². The lowest BCUT2D eigenvalue weighted by atomic mass is 9.99. The molecule has 2 aromatic carbocycles. The van der Waals surface area contributed by atoms with Crippen molar-refractivity contribution in [3.05, 3.63) is 58.6 Å². The van der Waals surface area contributed by atoms with Crippen LogP contribution in [0.4, 0.5) is 13.2 Å². The molecule has 0 aromatic heterocycles. The third-order valence-electron chi connectivity index (χ3n) is 2.75. The van der Waals surface area contributed by atoms with Crippen LogP contribution in [0.15, 0.2) is 42.5 Å². The van der Waals surface area contributed by atoms with Crippen molar-refractivity contribution >= 4 is 27.5 Å². The highest BCUT2D eigenvalue weighted by Crippen LogP contribution is 2.35. The Labute approximate surface area is 122 Å². The summed E-state index contributed by atoms with van der Waals surface area (Å²) in [6, 6.07) is 10.4. The van der Waals surface area contributed by atoms with E-state index in [1.807, 2.05) is 0 Å². The molecule has 0 saturated heterocycles. The third-order valence-corrected chi connectivity index (χ3v) is 3.67. The Balaban J connectivity index is 2.57. The summed E-state index contributed by atoms with van der Waals surface area (Å²) in [6.45, 7) is 0. The zero-order valence-corrected chi connectivity index (χ0v) is 12.0. The van der Waals surface area contributed by atoms with Gasteiger partial charge in [0.1, 0.15) is 0 Å². The minimum Gasteiger partial charge on any atom is -0.166 e. The van der Waals surface area contributed by atoms with E-state index in [2.05, 4.69) is 15.9 Å². The topological polar surface area (TPSA) is 0 Å². The quantitative estimate of drug-likeness (QED) is 0.590. The first-order chi connectivity index (χ1) is 8.93. The fraction of sp³-hybridized carbons (Fsp3) is 0.143. The van der Waals surface area contributed by atoms with Gasteiger partial charge in [0.05, 0.1) is 5.56 Å². The minimum absolute atomic E-state index is 0.484. The summed E-state index contributed by atoms with van der Waals surface area (Å²) >= 11 is 9.36. The summed E-state index contributed by atoms with van der Waals surface area (Å²) in [7, 11) is 0. The number of rotatable bonds is 2. The van der Waals surface area contributed by atoms with Gasteiger partial charge in [0.2, 0.25) is 0 Å². The van der Waals surface area contributed by atoms with Crippen LogP contribution in [0, 0.1) is 0 Å². The number of benzene rings is 2. The molecule has 0 aliphatic heterocycles. The van der Waals surface area contributed by atoms with Crippen LogP contribution in [0.3, 0.4) is 0 Å². The van der Waals surface area contributed by atoms with E-state index >= 15 is 0 Å².